The third kappa shape index (κ3) is 6.20. The second-order valence-corrected chi connectivity index (χ2v) is 6.54. The van der Waals surface area contributed by atoms with Crippen molar-refractivity contribution in [2.75, 3.05) is 11.9 Å². The second-order valence-electron chi connectivity index (χ2n) is 6.54. The molecule has 1 aromatic rings. The molecule has 1 aromatic carbocycles. The van der Waals surface area contributed by atoms with Gasteiger partial charge in [0.1, 0.15) is 17.4 Å². The van der Waals surface area contributed by atoms with Gasteiger partial charge in [0.2, 0.25) is 0 Å². The minimum Gasteiger partial charge on any atom is -0.427 e. The number of carbonyl (C=O) groups is 2. The summed E-state index contributed by atoms with van der Waals surface area (Å²) in [6.45, 7) is 9.55. The highest BCUT2D eigenvalue weighted by molar-refractivity contribution is 5.98. The molecule has 0 radical (unpaired) electrons. The maximum atomic E-state index is 12.8. The average molecular weight is 346 g/mol. The summed E-state index contributed by atoms with van der Waals surface area (Å²) < 4.78 is 10.8. The van der Waals surface area contributed by atoms with Crippen LogP contribution < -0.4 is 10.1 Å². The van der Waals surface area contributed by atoms with Crippen LogP contribution in [0.15, 0.2) is 18.2 Å². The van der Waals surface area contributed by atoms with Crippen LogP contribution >= 0.6 is 0 Å². The molecule has 0 aromatic heterocycles. The van der Waals surface area contributed by atoms with Crippen molar-refractivity contribution in [3.8, 4) is 11.8 Å². The van der Waals surface area contributed by atoms with Gasteiger partial charge in [0.25, 0.3) is 5.91 Å². The molecule has 6 heteroatoms. The van der Waals surface area contributed by atoms with Crippen LogP contribution in [0.3, 0.4) is 0 Å². The Balaban J connectivity index is 3.03. The molecule has 1 atom stereocenters. The van der Waals surface area contributed by atoms with Gasteiger partial charge in [0, 0.05) is 19.6 Å². The maximum absolute atomic E-state index is 12.8. The molecule has 25 heavy (non-hydrogen) atoms. The molecule has 0 fully saturated rings. The van der Waals surface area contributed by atoms with E-state index in [1.54, 1.807) is 13.0 Å². The first-order valence-electron chi connectivity index (χ1n) is 8.39. The first-order valence-corrected chi connectivity index (χ1v) is 8.39. The molecular formula is C19H26N2O4. The van der Waals surface area contributed by atoms with Crippen molar-refractivity contribution >= 4 is 17.6 Å². The van der Waals surface area contributed by atoms with Crippen molar-refractivity contribution < 1.29 is 19.1 Å². The Morgan fingerprint density at radius 3 is 2.56 bits per heavy atom. The van der Waals surface area contributed by atoms with Crippen molar-refractivity contribution in [3.63, 3.8) is 0 Å². The number of carbonyl (C=O) groups excluding carboxylic acids is 2. The van der Waals surface area contributed by atoms with Crippen LogP contribution in [0.5, 0.6) is 5.75 Å². The Kier molecular flexibility index (Phi) is 7.59. The number of anilines is 1. The van der Waals surface area contributed by atoms with E-state index in [0.717, 1.165) is 6.42 Å². The molecule has 0 heterocycles. The van der Waals surface area contributed by atoms with Gasteiger partial charge in [-0.05, 0) is 37.8 Å². The monoisotopic (exact) mass is 346 g/mol. The highest BCUT2D eigenvalue weighted by Crippen LogP contribution is 2.26. The Morgan fingerprint density at radius 1 is 1.36 bits per heavy atom. The van der Waals surface area contributed by atoms with Crippen LogP contribution in [-0.4, -0.2) is 24.1 Å². The van der Waals surface area contributed by atoms with Crippen molar-refractivity contribution in [2.24, 2.45) is 5.92 Å². The van der Waals surface area contributed by atoms with E-state index in [2.05, 4.69) is 5.32 Å². The first-order chi connectivity index (χ1) is 11.7. The van der Waals surface area contributed by atoms with E-state index in [1.807, 2.05) is 26.8 Å². The predicted octanol–water partition coefficient (Wildman–Crippen LogP) is 3.65. The first kappa shape index (κ1) is 20.7. The Bertz CT molecular complexity index is 664. The number of ether oxygens (including phenoxy) is 2. The lowest BCUT2D eigenvalue weighted by atomic mass is 9.92. The fourth-order valence-electron chi connectivity index (χ4n) is 2.53. The van der Waals surface area contributed by atoms with Crippen LogP contribution in [0.2, 0.25) is 0 Å². The summed E-state index contributed by atoms with van der Waals surface area (Å²) >= 11 is 0. The molecule has 136 valence electrons. The number of nitrogens with one attached hydrogen (secondary N) is 1. The molecule has 0 aliphatic rings. The van der Waals surface area contributed by atoms with Crippen molar-refractivity contribution in [3.05, 3.63) is 23.8 Å². The molecule has 0 spiro atoms. The lowest BCUT2D eigenvalue weighted by Gasteiger charge is -2.30. The summed E-state index contributed by atoms with van der Waals surface area (Å²) in [5.74, 6) is -0.242. The molecule has 1 N–H and O–H groups in total. The number of nitrogens with zero attached hydrogens (tertiary/aromatic N) is 1. The second kappa shape index (κ2) is 9.19. The Hall–Kier alpha value is -2.39. The topological polar surface area (TPSA) is 88.4 Å². The van der Waals surface area contributed by atoms with E-state index in [9.17, 15) is 14.9 Å². The zero-order chi connectivity index (χ0) is 19.0. The Labute approximate surface area is 149 Å². The molecule has 0 saturated carbocycles. The van der Waals surface area contributed by atoms with Crippen molar-refractivity contribution in [1.29, 1.82) is 5.26 Å². The summed E-state index contributed by atoms with van der Waals surface area (Å²) in [5, 5.41) is 12.1. The lowest BCUT2D eigenvalue weighted by Crippen LogP contribution is -2.44. The molecule has 0 aliphatic heterocycles. The number of esters is 1. The molecule has 0 saturated heterocycles. The predicted molar refractivity (Wildman–Crippen MR) is 95.2 cm³/mol. The summed E-state index contributed by atoms with van der Waals surface area (Å²) in [6, 6.07) is 6.50. The fraction of sp³-hybridized carbons (Fsp3) is 0.526. The number of amides is 1. The van der Waals surface area contributed by atoms with Gasteiger partial charge in [-0.15, -0.1) is 0 Å². The van der Waals surface area contributed by atoms with Crippen LogP contribution in [-0.2, 0) is 14.3 Å². The van der Waals surface area contributed by atoms with Gasteiger partial charge in [-0.1, -0.05) is 20.8 Å². The normalized spacial score (nSPS) is 13.0. The van der Waals surface area contributed by atoms with E-state index in [1.165, 1.54) is 19.1 Å². The zero-order valence-corrected chi connectivity index (χ0v) is 15.5. The van der Waals surface area contributed by atoms with Gasteiger partial charge < -0.3 is 14.8 Å². The minimum atomic E-state index is -0.981. The molecule has 1 amide bonds. The van der Waals surface area contributed by atoms with Gasteiger partial charge in [-0.3, -0.25) is 9.59 Å². The zero-order valence-electron chi connectivity index (χ0n) is 15.5. The van der Waals surface area contributed by atoms with Gasteiger partial charge in [0.15, 0.2) is 0 Å². The van der Waals surface area contributed by atoms with Crippen molar-refractivity contribution in [1.82, 2.24) is 0 Å². The third-order valence-electron chi connectivity index (χ3n) is 3.52. The smallest absolute Gasteiger partial charge is 0.308 e. The maximum Gasteiger partial charge on any atom is 0.308 e. The van der Waals surface area contributed by atoms with Crippen LogP contribution in [0.1, 0.15) is 53.0 Å². The minimum absolute atomic E-state index is 0.217. The number of hydrogen-bond acceptors (Lipinski definition) is 5. The SMILES string of the molecule is CCCOC(C)(CC(C)C)C(=O)Nc1ccc(OC(C)=O)cc1C#N. The van der Waals surface area contributed by atoms with Gasteiger partial charge in [0.05, 0.1) is 11.3 Å². The molecule has 1 unspecified atom stereocenters. The standard InChI is InChI=1S/C19H26N2O4/c1-6-9-24-19(5,11-13(2)3)18(23)21-17-8-7-16(25-14(4)22)10-15(17)12-20/h7-8,10,13H,6,9,11H2,1-5H3,(H,21,23). The number of hydrogen-bond donors (Lipinski definition) is 1. The summed E-state index contributed by atoms with van der Waals surface area (Å²) in [5.41, 5.74) is -0.404. The number of rotatable bonds is 8. The average Bonchev–Trinajstić information content (AvgIpc) is 2.53. The van der Waals surface area contributed by atoms with Crippen LogP contribution in [0.25, 0.3) is 0 Å². The quantitative estimate of drug-likeness (QED) is 0.573. The van der Waals surface area contributed by atoms with Gasteiger partial charge in [-0.2, -0.15) is 5.26 Å². The number of benzene rings is 1. The van der Waals surface area contributed by atoms with Gasteiger partial charge in [-0.25, -0.2) is 0 Å². The largest absolute Gasteiger partial charge is 0.427 e. The summed E-state index contributed by atoms with van der Waals surface area (Å²) in [6.07, 6.45) is 1.37. The summed E-state index contributed by atoms with van der Waals surface area (Å²) in [4.78, 5) is 23.8. The van der Waals surface area contributed by atoms with Gasteiger partial charge >= 0.3 is 5.97 Å². The molecule has 6 nitrogen and oxygen atoms in total. The third-order valence-corrected chi connectivity index (χ3v) is 3.52. The van der Waals surface area contributed by atoms with Crippen LogP contribution in [0.4, 0.5) is 5.69 Å². The molecule has 1 rings (SSSR count). The van der Waals surface area contributed by atoms with E-state index in [4.69, 9.17) is 9.47 Å². The molecular weight excluding hydrogens is 320 g/mol. The lowest BCUT2D eigenvalue weighted by molar-refractivity contribution is -0.141. The van der Waals surface area contributed by atoms with Crippen LogP contribution in [0, 0.1) is 17.2 Å². The summed E-state index contributed by atoms with van der Waals surface area (Å²) in [7, 11) is 0. The Morgan fingerprint density at radius 2 is 2.04 bits per heavy atom. The van der Waals surface area contributed by atoms with E-state index in [-0.39, 0.29) is 23.1 Å². The molecule has 0 aliphatic carbocycles. The number of nitriles is 1. The molecule has 0 bridgehead atoms. The van der Waals surface area contributed by atoms with Crippen molar-refractivity contribution in [2.45, 2.75) is 53.1 Å². The van der Waals surface area contributed by atoms with E-state index >= 15 is 0 Å². The highest BCUT2D eigenvalue weighted by Gasteiger charge is 2.35. The highest BCUT2D eigenvalue weighted by atomic mass is 16.5. The van der Waals surface area contributed by atoms with E-state index < -0.39 is 11.6 Å². The fourth-order valence-corrected chi connectivity index (χ4v) is 2.53. The van der Waals surface area contributed by atoms with E-state index in [0.29, 0.717) is 18.7 Å².